The van der Waals surface area contributed by atoms with Crippen molar-refractivity contribution < 1.29 is 8.42 Å². The molecule has 0 saturated heterocycles. The maximum absolute atomic E-state index is 11.2. The van der Waals surface area contributed by atoms with Gasteiger partial charge in [0, 0.05) is 30.4 Å². The first kappa shape index (κ1) is 17.5. The lowest BCUT2D eigenvalue weighted by molar-refractivity contribution is 0.598. The third-order valence-corrected chi connectivity index (χ3v) is 4.75. The summed E-state index contributed by atoms with van der Waals surface area (Å²) in [5, 5.41) is 3.37. The monoisotopic (exact) mass is 362 g/mol. The predicted octanol–water partition coefficient (Wildman–Crippen LogP) is 2.60. The van der Waals surface area contributed by atoms with Gasteiger partial charge >= 0.3 is 0 Å². The second-order valence-electron chi connectivity index (χ2n) is 5.04. The first-order chi connectivity index (χ1) is 9.24. The molecule has 0 radical (unpaired) electrons. The van der Waals surface area contributed by atoms with Crippen molar-refractivity contribution in [3.8, 4) is 0 Å². The summed E-state index contributed by atoms with van der Waals surface area (Å²) in [7, 11) is -1.03. The second-order valence-corrected chi connectivity index (χ2v) is 8.16. The minimum absolute atomic E-state index is 0.158. The third-order valence-electron chi connectivity index (χ3n) is 3.19. The number of rotatable bonds is 7. The molecule has 0 spiro atoms. The molecule has 6 heteroatoms. The Morgan fingerprint density at radius 1 is 1.40 bits per heavy atom. The van der Waals surface area contributed by atoms with Gasteiger partial charge in [-0.1, -0.05) is 13.0 Å². The second kappa shape index (κ2) is 7.43. The highest BCUT2D eigenvalue weighted by molar-refractivity contribution is 9.10. The van der Waals surface area contributed by atoms with E-state index < -0.39 is 9.84 Å². The van der Waals surface area contributed by atoms with Crippen LogP contribution >= 0.6 is 15.9 Å². The molecule has 1 rings (SSSR count). The Bertz CT molecular complexity index is 546. The predicted molar refractivity (Wildman–Crippen MR) is 89.2 cm³/mol. The largest absolute Gasteiger partial charge is 0.373 e. The van der Waals surface area contributed by atoms with E-state index in [4.69, 9.17) is 0 Å². The number of sulfone groups is 1. The van der Waals surface area contributed by atoms with Gasteiger partial charge in [0.15, 0.2) is 0 Å². The molecule has 114 valence electrons. The van der Waals surface area contributed by atoms with Crippen molar-refractivity contribution in [1.82, 2.24) is 5.32 Å². The van der Waals surface area contributed by atoms with Crippen molar-refractivity contribution >= 4 is 31.5 Å². The SMILES string of the molecule is CCNC(C)c1ccc(N(C)CCS(C)(=O)=O)c(Br)c1. The van der Waals surface area contributed by atoms with Crippen LogP contribution in [0.2, 0.25) is 0 Å². The highest BCUT2D eigenvalue weighted by Gasteiger charge is 2.11. The van der Waals surface area contributed by atoms with Gasteiger partial charge < -0.3 is 10.2 Å². The Morgan fingerprint density at radius 3 is 2.55 bits per heavy atom. The summed E-state index contributed by atoms with van der Waals surface area (Å²) >= 11 is 3.57. The van der Waals surface area contributed by atoms with Gasteiger partial charge in [-0.15, -0.1) is 0 Å². The highest BCUT2D eigenvalue weighted by atomic mass is 79.9. The lowest BCUT2D eigenvalue weighted by atomic mass is 10.1. The molecule has 0 aliphatic carbocycles. The van der Waals surface area contributed by atoms with Crippen LogP contribution in [0.3, 0.4) is 0 Å². The first-order valence-electron chi connectivity index (χ1n) is 6.66. The number of anilines is 1. The van der Waals surface area contributed by atoms with Crippen LogP contribution in [0.1, 0.15) is 25.5 Å². The van der Waals surface area contributed by atoms with Crippen molar-refractivity contribution in [1.29, 1.82) is 0 Å². The van der Waals surface area contributed by atoms with Gasteiger partial charge in [0.05, 0.1) is 11.4 Å². The van der Waals surface area contributed by atoms with E-state index in [1.165, 1.54) is 11.8 Å². The molecule has 4 nitrogen and oxygen atoms in total. The Labute approximate surface area is 130 Å². The Balaban J connectivity index is 2.82. The summed E-state index contributed by atoms with van der Waals surface area (Å²) in [6, 6.07) is 6.48. The van der Waals surface area contributed by atoms with Crippen LogP contribution in [0.5, 0.6) is 0 Å². The molecular weight excluding hydrogens is 340 g/mol. The van der Waals surface area contributed by atoms with E-state index in [2.05, 4.69) is 47.2 Å². The zero-order chi connectivity index (χ0) is 15.3. The highest BCUT2D eigenvalue weighted by Crippen LogP contribution is 2.28. The molecule has 0 saturated carbocycles. The topological polar surface area (TPSA) is 49.4 Å². The van der Waals surface area contributed by atoms with Crippen molar-refractivity contribution in [3.05, 3.63) is 28.2 Å². The molecule has 0 heterocycles. The number of hydrogen-bond acceptors (Lipinski definition) is 4. The van der Waals surface area contributed by atoms with E-state index in [-0.39, 0.29) is 5.75 Å². The summed E-state index contributed by atoms with van der Waals surface area (Å²) in [5.41, 5.74) is 2.21. The van der Waals surface area contributed by atoms with Gasteiger partial charge in [-0.2, -0.15) is 0 Å². The zero-order valence-electron chi connectivity index (χ0n) is 12.5. The molecule has 1 N–H and O–H groups in total. The molecule has 0 aliphatic rings. The van der Waals surface area contributed by atoms with Crippen LogP contribution in [-0.4, -0.2) is 40.6 Å². The molecule has 1 unspecified atom stereocenters. The summed E-state index contributed by atoms with van der Waals surface area (Å²) in [5.74, 6) is 0.158. The summed E-state index contributed by atoms with van der Waals surface area (Å²) in [4.78, 5) is 1.95. The molecule has 0 aliphatic heterocycles. The Kier molecular flexibility index (Phi) is 6.48. The van der Waals surface area contributed by atoms with Gasteiger partial charge in [0.25, 0.3) is 0 Å². The maximum atomic E-state index is 11.2. The van der Waals surface area contributed by atoms with Crippen LogP contribution in [0.25, 0.3) is 0 Å². The van der Waals surface area contributed by atoms with Crippen molar-refractivity contribution in [2.75, 3.05) is 37.0 Å². The van der Waals surface area contributed by atoms with E-state index in [0.29, 0.717) is 12.6 Å². The average molecular weight is 363 g/mol. The molecule has 0 bridgehead atoms. The molecular formula is C14H23BrN2O2S. The molecule has 0 amide bonds. The maximum Gasteiger partial charge on any atom is 0.149 e. The van der Waals surface area contributed by atoms with E-state index in [1.54, 1.807) is 0 Å². The normalized spacial score (nSPS) is 13.2. The fourth-order valence-corrected chi connectivity index (χ4v) is 3.25. The summed E-state index contributed by atoms with van der Waals surface area (Å²) < 4.78 is 23.4. The van der Waals surface area contributed by atoms with Gasteiger partial charge in [0.1, 0.15) is 9.84 Å². The average Bonchev–Trinajstić information content (AvgIpc) is 2.35. The number of nitrogens with one attached hydrogen (secondary N) is 1. The minimum atomic E-state index is -2.94. The third kappa shape index (κ3) is 5.42. The first-order valence-corrected chi connectivity index (χ1v) is 9.51. The molecule has 1 aromatic carbocycles. The molecule has 20 heavy (non-hydrogen) atoms. The van der Waals surface area contributed by atoms with Crippen LogP contribution in [-0.2, 0) is 9.84 Å². The van der Waals surface area contributed by atoms with Gasteiger partial charge in [-0.25, -0.2) is 8.42 Å². The fourth-order valence-electron chi connectivity index (χ4n) is 1.95. The Morgan fingerprint density at radius 2 is 2.05 bits per heavy atom. The van der Waals surface area contributed by atoms with E-state index >= 15 is 0 Å². The number of nitrogens with zero attached hydrogens (tertiary/aromatic N) is 1. The van der Waals surface area contributed by atoms with Crippen LogP contribution in [0, 0.1) is 0 Å². The van der Waals surface area contributed by atoms with Gasteiger partial charge in [-0.05, 0) is 47.1 Å². The van der Waals surface area contributed by atoms with Gasteiger partial charge in [0.2, 0.25) is 0 Å². The lowest BCUT2D eigenvalue weighted by Crippen LogP contribution is -2.25. The smallest absolute Gasteiger partial charge is 0.149 e. The van der Waals surface area contributed by atoms with E-state index in [9.17, 15) is 8.42 Å². The van der Waals surface area contributed by atoms with Crippen molar-refractivity contribution in [2.45, 2.75) is 19.9 Å². The van der Waals surface area contributed by atoms with Crippen LogP contribution in [0.15, 0.2) is 22.7 Å². The standard InChI is InChI=1S/C14H23BrN2O2S/c1-5-16-11(2)12-6-7-14(13(15)10-12)17(3)8-9-20(4,18)19/h6-7,10-11,16H,5,8-9H2,1-4H3. The molecule has 1 atom stereocenters. The van der Waals surface area contributed by atoms with Gasteiger partial charge in [-0.3, -0.25) is 0 Å². The number of halogens is 1. The quantitative estimate of drug-likeness (QED) is 0.809. The minimum Gasteiger partial charge on any atom is -0.373 e. The Hall–Kier alpha value is -0.590. The zero-order valence-corrected chi connectivity index (χ0v) is 14.9. The van der Waals surface area contributed by atoms with Crippen molar-refractivity contribution in [2.24, 2.45) is 0 Å². The van der Waals surface area contributed by atoms with E-state index in [0.717, 1.165) is 16.7 Å². The fraction of sp³-hybridized carbons (Fsp3) is 0.571. The number of benzene rings is 1. The van der Waals surface area contributed by atoms with Crippen molar-refractivity contribution in [3.63, 3.8) is 0 Å². The van der Waals surface area contributed by atoms with E-state index in [1.807, 2.05) is 18.0 Å². The lowest BCUT2D eigenvalue weighted by Gasteiger charge is -2.22. The summed E-state index contributed by atoms with van der Waals surface area (Å²) in [6.07, 6.45) is 1.26. The molecule has 1 aromatic rings. The summed E-state index contributed by atoms with van der Waals surface area (Å²) in [6.45, 7) is 5.62. The van der Waals surface area contributed by atoms with Crippen LogP contribution in [0.4, 0.5) is 5.69 Å². The van der Waals surface area contributed by atoms with Crippen LogP contribution < -0.4 is 10.2 Å². The number of hydrogen-bond donors (Lipinski definition) is 1. The molecule has 0 fully saturated rings. The molecule has 0 aromatic heterocycles.